The van der Waals surface area contributed by atoms with Crippen LogP contribution in [-0.4, -0.2) is 10.1 Å². The van der Waals surface area contributed by atoms with Crippen molar-refractivity contribution in [2.45, 2.75) is 6.61 Å². The second-order valence-electron chi connectivity index (χ2n) is 4.39. The molecule has 0 aliphatic rings. The van der Waals surface area contributed by atoms with Gasteiger partial charge in [-0.25, -0.2) is 4.39 Å². The Hall–Kier alpha value is -2.11. The highest BCUT2D eigenvalue weighted by molar-refractivity contribution is 6.34. The Balaban J connectivity index is 1.72. The molecule has 0 amide bonds. The maximum Gasteiger partial charge on any atom is 0.258 e. The molecule has 3 rings (SSSR count). The zero-order chi connectivity index (χ0) is 15.5. The maximum absolute atomic E-state index is 12.9. The van der Waals surface area contributed by atoms with Gasteiger partial charge < -0.3 is 9.26 Å². The van der Waals surface area contributed by atoms with Gasteiger partial charge in [0.2, 0.25) is 5.82 Å². The molecular formula is C15H9Cl2FN2O2. The quantitative estimate of drug-likeness (QED) is 0.687. The fourth-order valence-corrected chi connectivity index (χ4v) is 2.09. The van der Waals surface area contributed by atoms with E-state index in [1.165, 1.54) is 12.1 Å². The number of ether oxygens (including phenoxy) is 1. The van der Waals surface area contributed by atoms with Crippen LogP contribution < -0.4 is 4.74 Å². The van der Waals surface area contributed by atoms with Gasteiger partial charge in [-0.05, 0) is 36.4 Å². The SMILES string of the molecule is Fc1ccc(-c2nc(COc3cc(Cl)ccc3Cl)no2)cc1. The summed E-state index contributed by atoms with van der Waals surface area (Å²) in [6.07, 6.45) is 0. The van der Waals surface area contributed by atoms with Gasteiger partial charge in [0.05, 0.1) is 5.02 Å². The van der Waals surface area contributed by atoms with Crippen LogP contribution in [0.15, 0.2) is 47.0 Å². The molecule has 7 heteroatoms. The van der Waals surface area contributed by atoms with E-state index in [1.807, 2.05) is 0 Å². The first-order valence-electron chi connectivity index (χ1n) is 6.28. The lowest BCUT2D eigenvalue weighted by Gasteiger charge is -2.05. The van der Waals surface area contributed by atoms with Crippen molar-refractivity contribution >= 4 is 23.2 Å². The summed E-state index contributed by atoms with van der Waals surface area (Å²) in [5.74, 6) is 0.732. The summed E-state index contributed by atoms with van der Waals surface area (Å²) in [7, 11) is 0. The molecule has 0 N–H and O–H groups in total. The van der Waals surface area contributed by atoms with E-state index in [0.29, 0.717) is 27.2 Å². The minimum atomic E-state index is -0.331. The molecule has 1 aromatic heterocycles. The first kappa shape index (κ1) is 14.8. The molecule has 2 aromatic carbocycles. The number of nitrogens with zero attached hydrogens (tertiary/aromatic N) is 2. The van der Waals surface area contributed by atoms with Gasteiger partial charge in [-0.2, -0.15) is 4.98 Å². The second-order valence-corrected chi connectivity index (χ2v) is 5.23. The highest BCUT2D eigenvalue weighted by atomic mass is 35.5. The van der Waals surface area contributed by atoms with Crippen molar-refractivity contribution in [3.05, 3.63) is 64.2 Å². The van der Waals surface area contributed by atoms with Crippen LogP contribution >= 0.6 is 23.2 Å². The zero-order valence-corrected chi connectivity index (χ0v) is 12.6. The van der Waals surface area contributed by atoms with Crippen LogP contribution in [0.4, 0.5) is 4.39 Å². The summed E-state index contributed by atoms with van der Waals surface area (Å²) < 4.78 is 23.5. The number of hydrogen-bond acceptors (Lipinski definition) is 4. The number of hydrogen-bond donors (Lipinski definition) is 0. The third-order valence-electron chi connectivity index (χ3n) is 2.81. The third-order valence-corrected chi connectivity index (χ3v) is 3.36. The van der Waals surface area contributed by atoms with Crippen LogP contribution in [0, 0.1) is 5.82 Å². The van der Waals surface area contributed by atoms with Crippen LogP contribution in [0.5, 0.6) is 5.75 Å². The maximum atomic E-state index is 12.9. The van der Waals surface area contributed by atoms with Crippen molar-refractivity contribution in [1.82, 2.24) is 10.1 Å². The monoisotopic (exact) mass is 338 g/mol. The number of rotatable bonds is 4. The zero-order valence-electron chi connectivity index (χ0n) is 11.1. The summed E-state index contributed by atoms with van der Waals surface area (Å²) in [4.78, 5) is 4.18. The van der Waals surface area contributed by atoms with Crippen LogP contribution in [0.25, 0.3) is 11.5 Å². The molecule has 0 radical (unpaired) electrons. The Bertz CT molecular complexity index is 790. The molecule has 0 saturated carbocycles. The van der Waals surface area contributed by atoms with Crippen LogP contribution in [-0.2, 0) is 6.61 Å². The van der Waals surface area contributed by atoms with E-state index in [9.17, 15) is 4.39 Å². The molecule has 1 heterocycles. The molecule has 0 saturated heterocycles. The molecule has 0 aliphatic carbocycles. The average Bonchev–Trinajstić information content (AvgIpc) is 2.98. The lowest BCUT2D eigenvalue weighted by atomic mass is 10.2. The summed E-state index contributed by atoms with van der Waals surface area (Å²) in [5.41, 5.74) is 0.626. The topological polar surface area (TPSA) is 48.2 Å². The highest BCUT2D eigenvalue weighted by Gasteiger charge is 2.10. The Morgan fingerprint density at radius 1 is 1.09 bits per heavy atom. The summed E-state index contributed by atoms with van der Waals surface area (Å²) >= 11 is 11.9. The smallest absolute Gasteiger partial charge is 0.258 e. The van der Waals surface area contributed by atoms with E-state index in [1.54, 1.807) is 30.3 Å². The van der Waals surface area contributed by atoms with Crippen LogP contribution in [0.3, 0.4) is 0 Å². The fraction of sp³-hybridized carbons (Fsp3) is 0.0667. The molecule has 4 nitrogen and oxygen atoms in total. The average molecular weight is 339 g/mol. The van der Waals surface area contributed by atoms with Crippen molar-refractivity contribution in [2.75, 3.05) is 0 Å². The van der Waals surface area contributed by atoms with Gasteiger partial charge >= 0.3 is 0 Å². The standard InChI is InChI=1S/C15H9Cl2FN2O2/c16-10-3-6-12(17)13(7-10)21-8-14-19-15(22-20-14)9-1-4-11(18)5-2-9/h1-7H,8H2. The molecule has 112 valence electrons. The molecular weight excluding hydrogens is 330 g/mol. The van der Waals surface area contributed by atoms with Crippen LogP contribution in [0.2, 0.25) is 10.0 Å². The Morgan fingerprint density at radius 2 is 1.86 bits per heavy atom. The largest absolute Gasteiger partial charge is 0.484 e. The van der Waals surface area contributed by atoms with E-state index >= 15 is 0 Å². The number of halogens is 3. The predicted molar refractivity (Wildman–Crippen MR) is 80.5 cm³/mol. The Kier molecular flexibility index (Phi) is 4.27. The van der Waals surface area contributed by atoms with Crippen molar-refractivity contribution in [3.63, 3.8) is 0 Å². The van der Waals surface area contributed by atoms with E-state index in [4.69, 9.17) is 32.5 Å². The Morgan fingerprint density at radius 3 is 2.64 bits per heavy atom. The molecule has 0 aliphatic heterocycles. The van der Waals surface area contributed by atoms with Crippen molar-refractivity contribution < 1.29 is 13.7 Å². The minimum Gasteiger partial charge on any atom is -0.484 e. The highest BCUT2D eigenvalue weighted by Crippen LogP contribution is 2.28. The number of aromatic nitrogens is 2. The van der Waals surface area contributed by atoms with E-state index in [0.717, 1.165) is 0 Å². The molecule has 22 heavy (non-hydrogen) atoms. The van der Waals surface area contributed by atoms with Gasteiger partial charge in [-0.1, -0.05) is 28.4 Å². The van der Waals surface area contributed by atoms with E-state index < -0.39 is 0 Å². The normalized spacial score (nSPS) is 10.7. The van der Waals surface area contributed by atoms with Crippen molar-refractivity contribution in [2.24, 2.45) is 0 Å². The van der Waals surface area contributed by atoms with Gasteiger partial charge in [0, 0.05) is 16.7 Å². The van der Waals surface area contributed by atoms with Gasteiger partial charge in [-0.15, -0.1) is 0 Å². The lowest BCUT2D eigenvalue weighted by Crippen LogP contribution is -1.98. The van der Waals surface area contributed by atoms with Crippen molar-refractivity contribution in [3.8, 4) is 17.2 Å². The van der Waals surface area contributed by atoms with Gasteiger partial charge in [0.15, 0.2) is 6.61 Å². The third kappa shape index (κ3) is 3.37. The molecule has 3 aromatic rings. The first-order chi connectivity index (χ1) is 10.6. The molecule has 0 bridgehead atoms. The summed E-state index contributed by atoms with van der Waals surface area (Å²) in [5, 5.41) is 4.75. The van der Waals surface area contributed by atoms with Crippen molar-refractivity contribution in [1.29, 1.82) is 0 Å². The molecule has 0 unspecified atom stereocenters. The molecule has 0 spiro atoms. The van der Waals surface area contributed by atoms with Gasteiger partial charge in [0.25, 0.3) is 5.89 Å². The fourth-order valence-electron chi connectivity index (χ4n) is 1.75. The minimum absolute atomic E-state index is 0.0742. The predicted octanol–water partition coefficient (Wildman–Crippen LogP) is 4.76. The summed E-state index contributed by atoms with van der Waals surface area (Å²) in [6, 6.07) is 10.7. The molecule has 0 fully saturated rings. The summed E-state index contributed by atoms with van der Waals surface area (Å²) in [6.45, 7) is 0.0742. The Labute approximate surface area is 135 Å². The lowest BCUT2D eigenvalue weighted by molar-refractivity contribution is 0.287. The van der Waals surface area contributed by atoms with Crippen LogP contribution in [0.1, 0.15) is 5.82 Å². The second kappa shape index (κ2) is 6.34. The van der Waals surface area contributed by atoms with E-state index in [2.05, 4.69) is 10.1 Å². The molecule has 0 atom stereocenters. The van der Waals surface area contributed by atoms with Gasteiger partial charge in [-0.3, -0.25) is 0 Å². The van der Waals surface area contributed by atoms with E-state index in [-0.39, 0.29) is 18.3 Å². The first-order valence-corrected chi connectivity index (χ1v) is 7.04. The van der Waals surface area contributed by atoms with Gasteiger partial charge in [0.1, 0.15) is 11.6 Å². The number of benzene rings is 2.